The fourth-order valence-corrected chi connectivity index (χ4v) is 1.71. The van der Waals surface area contributed by atoms with E-state index in [1.165, 1.54) is 11.8 Å². The van der Waals surface area contributed by atoms with Gasteiger partial charge in [0.25, 0.3) is 0 Å². The molecule has 72 valence electrons. The quantitative estimate of drug-likeness (QED) is 0.793. The van der Waals surface area contributed by atoms with Crippen molar-refractivity contribution >= 4 is 17.6 Å². The van der Waals surface area contributed by atoms with Crippen LogP contribution in [0.2, 0.25) is 0 Å². The molecule has 0 bridgehead atoms. The maximum atomic E-state index is 5.56. The second kappa shape index (κ2) is 3.67. The van der Waals surface area contributed by atoms with Gasteiger partial charge in [-0.15, -0.1) is 10.2 Å². The van der Waals surface area contributed by atoms with Crippen LogP contribution in [0.25, 0.3) is 0 Å². The summed E-state index contributed by atoms with van der Waals surface area (Å²) in [5.74, 6) is 0.511. The molecule has 2 aromatic heterocycles. The molecule has 0 aromatic carbocycles. The fraction of sp³-hybridized carbons (Fsp3) is 0.125. The van der Waals surface area contributed by atoms with Crippen molar-refractivity contribution < 1.29 is 0 Å². The smallest absolute Gasteiger partial charge is 0.197 e. The molecule has 14 heavy (non-hydrogen) atoms. The van der Waals surface area contributed by atoms with Gasteiger partial charge in [-0.25, -0.2) is 4.98 Å². The summed E-state index contributed by atoms with van der Waals surface area (Å²) in [6.07, 6.45) is 1.65. The van der Waals surface area contributed by atoms with Crippen molar-refractivity contribution in [2.75, 3.05) is 5.73 Å². The lowest BCUT2D eigenvalue weighted by atomic mass is 10.5. The summed E-state index contributed by atoms with van der Waals surface area (Å²) in [5.41, 5.74) is 5.56. The number of nitrogens with two attached hydrogens (primary N) is 1. The van der Waals surface area contributed by atoms with E-state index in [1.54, 1.807) is 12.4 Å². The Hall–Kier alpha value is -1.56. The number of aromatic nitrogens is 4. The minimum Gasteiger partial charge on any atom is -0.384 e. The summed E-state index contributed by atoms with van der Waals surface area (Å²) < 4.78 is 1.83. The minimum atomic E-state index is 0.511. The van der Waals surface area contributed by atoms with Crippen molar-refractivity contribution in [3.05, 3.63) is 24.5 Å². The van der Waals surface area contributed by atoms with Crippen molar-refractivity contribution in [1.82, 2.24) is 19.7 Å². The molecule has 5 nitrogen and oxygen atoms in total. The molecule has 0 aliphatic carbocycles. The Morgan fingerprint density at radius 1 is 1.43 bits per heavy atom. The summed E-state index contributed by atoms with van der Waals surface area (Å²) in [6.45, 7) is 0. The third kappa shape index (κ3) is 1.85. The van der Waals surface area contributed by atoms with Crippen LogP contribution < -0.4 is 5.73 Å². The normalized spacial score (nSPS) is 10.4. The first-order valence-corrected chi connectivity index (χ1v) is 4.82. The second-order valence-electron chi connectivity index (χ2n) is 2.73. The molecule has 0 spiro atoms. The van der Waals surface area contributed by atoms with Gasteiger partial charge in [0.1, 0.15) is 17.2 Å². The number of anilines is 1. The van der Waals surface area contributed by atoms with Gasteiger partial charge in [-0.1, -0.05) is 6.07 Å². The first-order chi connectivity index (χ1) is 6.75. The van der Waals surface area contributed by atoms with Gasteiger partial charge in [-0.05, 0) is 23.9 Å². The molecule has 2 rings (SSSR count). The predicted molar refractivity (Wildman–Crippen MR) is 53.8 cm³/mol. The minimum absolute atomic E-state index is 0.511. The van der Waals surface area contributed by atoms with Gasteiger partial charge in [-0.2, -0.15) is 0 Å². The van der Waals surface area contributed by atoms with Gasteiger partial charge >= 0.3 is 0 Å². The highest BCUT2D eigenvalue weighted by Crippen LogP contribution is 2.23. The van der Waals surface area contributed by atoms with E-state index in [2.05, 4.69) is 15.2 Å². The number of nitrogen functional groups attached to an aromatic ring is 1. The number of nitrogens with zero attached hydrogens (tertiary/aromatic N) is 4. The van der Waals surface area contributed by atoms with Crippen LogP contribution in [0.3, 0.4) is 0 Å². The van der Waals surface area contributed by atoms with Crippen LogP contribution in [-0.4, -0.2) is 19.7 Å². The van der Waals surface area contributed by atoms with Crippen LogP contribution in [0.15, 0.2) is 34.7 Å². The fourth-order valence-electron chi connectivity index (χ4n) is 0.946. The average molecular weight is 207 g/mol. The molecule has 0 saturated carbocycles. The second-order valence-corrected chi connectivity index (χ2v) is 3.71. The first-order valence-electron chi connectivity index (χ1n) is 4.00. The standard InChI is InChI=1S/C8H9N5S/c1-13-5-10-12-8(13)14-7-4-2-3-6(9)11-7/h2-5H,1H3,(H2,9,11). The molecular weight excluding hydrogens is 198 g/mol. The molecule has 0 amide bonds. The Labute approximate surface area is 85.4 Å². The maximum Gasteiger partial charge on any atom is 0.197 e. The topological polar surface area (TPSA) is 69.6 Å². The highest BCUT2D eigenvalue weighted by Gasteiger charge is 2.04. The van der Waals surface area contributed by atoms with Crippen LogP contribution >= 0.6 is 11.8 Å². The lowest BCUT2D eigenvalue weighted by molar-refractivity contribution is 0.787. The Kier molecular flexibility index (Phi) is 2.36. The van der Waals surface area contributed by atoms with E-state index in [0.717, 1.165) is 10.2 Å². The molecule has 0 atom stereocenters. The highest BCUT2D eigenvalue weighted by atomic mass is 32.2. The van der Waals surface area contributed by atoms with Crippen molar-refractivity contribution in [2.24, 2.45) is 7.05 Å². The summed E-state index contributed by atoms with van der Waals surface area (Å²) in [4.78, 5) is 4.15. The van der Waals surface area contributed by atoms with E-state index in [9.17, 15) is 0 Å². The Morgan fingerprint density at radius 2 is 2.29 bits per heavy atom. The summed E-state index contributed by atoms with van der Waals surface area (Å²) >= 11 is 1.43. The molecule has 0 radical (unpaired) electrons. The summed E-state index contributed by atoms with van der Waals surface area (Å²) in [6, 6.07) is 5.50. The first kappa shape index (κ1) is 9.01. The molecular formula is C8H9N5S. The van der Waals surface area contributed by atoms with Gasteiger partial charge in [0.05, 0.1) is 0 Å². The Morgan fingerprint density at radius 3 is 2.93 bits per heavy atom. The Bertz CT molecular complexity index is 439. The lowest BCUT2D eigenvalue weighted by Gasteiger charge is -1.99. The predicted octanol–water partition coefficient (Wildman–Crippen LogP) is 0.943. The van der Waals surface area contributed by atoms with Crippen LogP contribution in [0.5, 0.6) is 0 Å². The van der Waals surface area contributed by atoms with Gasteiger partial charge in [-0.3, -0.25) is 0 Å². The van der Waals surface area contributed by atoms with E-state index in [-0.39, 0.29) is 0 Å². The van der Waals surface area contributed by atoms with Crippen molar-refractivity contribution in [2.45, 2.75) is 10.2 Å². The van der Waals surface area contributed by atoms with Gasteiger partial charge < -0.3 is 10.3 Å². The molecule has 2 aromatic rings. The van der Waals surface area contributed by atoms with E-state index in [1.807, 2.05) is 23.7 Å². The zero-order valence-electron chi connectivity index (χ0n) is 7.58. The lowest BCUT2D eigenvalue weighted by Crippen LogP contribution is -1.92. The van der Waals surface area contributed by atoms with Crippen LogP contribution in [0.1, 0.15) is 0 Å². The van der Waals surface area contributed by atoms with Crippen molar-refractivity contribution in [3.63, 3.8) is 0 Å². The van der Waals surface area contributed by atoms with Crippen LogP contribution in [-0.2, 0) is 7.05 Å². The van der Waals surface area contributed by atoms with Crippen molar-refractivity contribution in [3.8, 4) is 0 Å². The molecule has 0 saturated heterocycles. The van der Waals surface area contributed by atoms with Gasteiger partial charge in [0.2, 0.25) is 0 Å². The monoisotopic (exact) mass is 207 g/mol. The Balaban J connectivity index is 2.23. The third-order valence-electron chi connectivity index (χ3n) is 1.61. The highest BCUT2D eigenvalue weighted by molar-refractivity contribution is 7.99. The van der Waals surface area contributed by atoms with E-state index in [0.29, 0.717) is 5.82 Å². The molecule has 0 fully saturated rings. The molecule has 0 aliphatic rings. The van der Waals surface area contributed by atoms with Crippen LogP contribution in [0, 0.1) is 0 Å². The average Bonchev–Trinajstić information content (AvgIpc) is 2.52. The summed E-state index contributed by atoms with van der Waals surface area (Å²) in [5, 5.41) is 9.32. The number of rotatable bonds is 2. The molecule has 2 N–H and O–H groups in total. The molecule has 2 heterocycles. The largest absolute Gasteiger partial charge is 0.384 e. The zero-order valence-corrected chi connectivity index (χ0v) is 8.40. The van der Waals surface area contributed by atoms with Crippen LogP contribution in [0.4, 0.5) is 5.82 Å². The van der Waals surface area contributed by atoms with E-state index >= 15 is 0 Å². The number of hydrogen-bond donors (Lipinski definition) is 1. The van der Waals surface area contributed by atoms with E-state index < -0.39 is 0 Å². The van der Waals surface area contributed by atoms with Gasteiger partial charge in [0, 0.05) is 7.05 Å². The zero-order chi connectivity index (χ0) is 9.97. The van der Waals surface area contributed by atoms with E-state index in [4.69, 9.17) is 5.73 Å². The third-order valence-corrected chi connectivity index (χ3v) is 2.60. The number of aryl methyl sites for hydroxylation is 1. The van der Waals surface area contributed by atoms with Gasteiger partial charge in [0.15, 0.2) is 5.16 Å². The maximum absolute atomic E-state index is 5.56. The summed E-state index contributed by atoms with van der Waals surface area (Å²) in [7, 11) is 1.88. The molecule has 0 unspecified atom stereocenters. The molecule has 6 heteroatoms. The molecule has 0 aliphatic heterocycles. The number of pyridine rings is 1. The van der Waals surface area contributed by atoms with Crippen molar-refractivity contribution in [1.29, 1.82) is 0 Å². The number of hydrogen-bond acceptors (Lipinski definition) is 5. The SMILES string of the molecule is Cn1cnnc1Sc1cccc(N)n1.